The van der Waals surface area contributed by atoms with Crippen LogP contribution in [0.1, 0.15) is 20.3 Å². The normalized spacial score (nSPS) is 36.9. The average molecular weight is 171 g/mol. The number of Topliss-reactive ketones (excluding diaryl/α,β-unsaturated/α-hetero) is 1. The smallest absolute Gasteiger partial charge is 0.138 e. The molecule has 2 unspecified atom stereocenters. The molecule has 12 heavy (non-hydrogen) atoms. The van der Waals surface area contributed by atoms with Crippen LogP contribution < -0.4 is 5.32 Å². The van der Waals surface area contributed by atoms with Crippen molar-refractivity contribution in [2.75, 3.05) is 20.3 Å². The van der Waals surface area contributed by atoms with Crippen LogP contribution in [-0.2, 0) is 9.53 Å². The molecule has 1 saturated heterocycles. The highest BCUT2D eigenvalue weighted by Gasteiger charge is 2.34. The molecule has 0 aliphatic carbocycles. The lowest BCUT2D eigenvalue weighted by atomic mass is 9.86. The molecule has 0 saturated carbocycles. The minimum absolute atomic E-state index is 0.141. The molecule has 1 heterocycles. The van der Waals surface area contributed by atoms with Gasteiger partial charge in [0.1, 0.15) is 5.78 Å². The third-order valence-corrected chi connectivity index (χ3v) is 2.41. The number of nitrogens with one attached hydrogen (secondary N) is 1. The molecule has 0 bridgehead atoms. The van der Waals surface area contributed by atoms with Crippen LogP contribution in [-0.4, -0.2) is 31.6 Å². The zero-order chi connectivity index (χ0) is 9.19. The molecule has 3 nitrogen and oxygen atoms in total. The monoisotopic (exact) mass is 171 g/mol. The lowest BCUT2D eigenvalue weighted by Gasteiger charge is -2.35. The van der Waals surface area contributed by atoms with Crippen LogP contribution in [0.5, 0.6) is 0 Å². The fraction of sp³-hybridized carbons (Fsp3) is 0.889. The molecule has 1 aliphatic heterocycles. The summed E-state index contributed by atoms with van der Waals surface area (Å²) < 4.78 is 5.05. The fourth-order valence-corrected chi connectivity index (χ4v) is 1.56. The van der Waals surface area contributed by atoms with E-state index < -0.39 is 0 Å². The minimum Gasteiger partial charge on any atom is -0.383 e. The Balaban J connectivity index is 2.54. The highest BCUT2D eigenvalue weighted by atomic mass is 16.5. The summed E-state index contributed by atoms with van der Waals surface area (Å²) in [4.78, 5) is 11.4. The second-order valence-corrected chi connectivity index (χ2v) is 3.92. The van der Waals surface area contributed by atoms with Crippen molar-refractivity contribution in [2.24, 2.45) is 5.92 Å². The van der Waals surface area contributed by atoms with E-state index in [1.807, 2.05) is 13.8 Å². The Morgan fingerprint density at radius 3 is 2.92 bits per heavy atom. The lowest BCUT2D eigenvalue weighted by molar-refractivity contribution is -0.126. The molecule has 0 radical (unpaired) electrons. The van der Waals surface area contributed by atoms with Crippen molar-refractivity contribution in [3.63, 3.8) is 0 Å². The number of ether oxygens (including phenoxy) is 1. The molecule has 0 amide bonds. The van der Waals surface area contributed by atoms with Gasteiger partial charge in [0.2, 0.25) is 0 Å². The number of rotatable bonds is 2. The predicted octanol–water partition coefficient (Wildman–Crippen LogP) is 0.590. The summed E-state index contributed by atoms with van der Waals surface area (Å²) in [6, 6.07) is 0. The molecule has 1 fully saturated rings. The highest BCUT2D eigenvalue weighted by Crippen LogP contribution is 2.19. The summed E-state index contributed by atoms with van der Waals surface area (Å²) in [6.45, 7) is 5.37. The molecule has 0 spiro atoms. The number of methoxy groups -OCH3 is 1. The van der Waals surface area contributed by atoms with Crippen molar-refractivity contribution in [1.82, 2.24) is 5.32 Å². The van der Waals surface area contributed by atoms with E-state index >= 15 is 0 Å². The van der Waals surface area contributed by atoms with E-state index in [2.05, 4.69) is 5.32 Å². The first-order valence-electron chi connectivity index (χ1n) is 4.34. The zero-order valence-corrected chi connectivity index (χ0v) is 8.02. The number of hydrogen-bond acceptors (Lipinski definition) is 3. The Kier molecular flexibility index (Phi) is 2.85. The Morgan fingerprint density at radius 2 is 2.42 bits per heavy atom. The molecule has 1 aliphatic rings. The second-order valence-electron chi connectivity index (χ2n) is 3.92. The Labute approximate surface area is 73.5 Å². The largest absolute Gasteiger partial charge is 0.383 e. The van der Waals surface area contributed by atoms with Gasteiger partial charge in [-0.15, -0.1) is 0 Å². The molecule has 3 heteroatoms. The molecule has 2 atom stereocenters. The van der Waals surface area contributed by atoms with E-state index in [0.717, 1.165) is 6.54 Å². The minimum atomic E-state index is -0.141. The van der Waals surface area contributed by atoms with Crippen LogP contribution in [0.4, 0.5) is 0 Å². The van der Waals surface area contributed by atoms with E-state index in [9.17, 15) is 4.79 Å². The average Bonchev–Trinajstić information content (AvgIpc) is 1.98. The van der Waals surface area contributed by atoms with E-state index in [1.165, 1.54) is 0 Å². The van der Waals surface area contributed by atoms with Gasteiger partial charge in [-0.3, -0.25) is 4.79 Å². The van der Waals surface area contributed by atoms with Gasteiger partial charge in [0.05, 0.1) is 6.61 Å². The first-order valence-corrected chi connectivity index (χ1v) is 4.34. The van der Waals surface area contributed by atoms with Gasteiger partial charge in [-0.2, -0.15) is 0 Å². The van der Waals surface area contributed by atoms with Crippen molar-refractivity contribution in [3.8, 4) is 0 Å². The second kappa shape index (κ2) is 3.54. The van der Waals surface area contributed by atoms with Crippen molar-refractivity contribution in [3.05, 3.63) is 0 Å². The maximum Gasteiger partial charge on any atom is 0.138 e. The van der Waals surface area contributed by atoms with Crippen LogP contribution >= 0.6 is 0 Å². The zero-order valence-electron chi connectivity index (χ0n) is 8.02. The maximum absolute atomic E-state index is 11.4. The van der Waals surface area contributed by atoms with Crippen LogP contribution in [0.2, 0.25) is 0 Å². The van der Waals surface area contributed by atoms with E-state index in [4.69, 9.17) is 4.74 Å². The van der Waals surface area contributed by atoms with Crippen molar-refractivity contribution in [1.29, 1.82) is 0 Å². The van der Waals surface area contributed by atoms with Gasteiger partial charge in [0.25, 0.3) is 0 Å². The molecule has 1 rings (SSSR count). The SMILES string of the molecule is COCC1(C)CC(=O)C(C)CN1. The summed E-state index contributed by atoms with van der Waals surface area (Å²) in [6.07, 6.45) is 0.585. The molecular formula is C9H17NO2. The summed E-state index contributed by atoms with van der Waals surface area (Å²) in [5.41, 5.74) is -0.141. The van der Waals surface area contributed by atoms with Crippen molar-refractivity contribution >= 4 is 5.78 Å². The first kappa shape index (κ1) is 9.68. The van der Waals surface area contributed by atoms with Gasteiger partial charge < -0.3 is 10.1 Å². The highest BCUT2D eigenvalue weighted by molar-refractivity contribution is 5.82. The summed E-state index contributed by atoms with van der Waals surface area (Å²) in [5.74, 6) is 0.503. The van der Waals surface area contributed by atoms with Gasteiger partial charge in [0.15, 0.2) is 0 Å². The van der Waals surface area contributed by atoms with E-state index in [1.54, 1.807) is 7.11 Å². The van der Waals surface area contributed by atoms with E-state index in [-0.39, 0.29) is 11.5 Å². The van der Waals surface area contributed by atoms with Gasteiger partial charge >= 0.3 is 0 Å². The van der Waals surface area contributed by atoms with Crippen LogP contribution in [0.25, 0.3) is 0 Å². The molecule has 1 N–H and O–H groups in total. The van der Waals surface area contributed by atoms with Crippen LogP contribution in [0.15, 0.2) is 0 Å². The molecular weight excluding hydrogens is 154 g/mol. The Morgan fingerprint density at radius 1 is 1.75 bits per heavy atom. The lowest BCUT2D eigenvalue weighted by Crippen LogP contribution is -2.54. The van der Waals surface area contributed by atoms with Gasteiger partial charge in [0, 0.05) is 31.5 Å². The number of ketones is 1. The summed E-state index contributed by atoms with van der Waals surface area (Å²) >= 11 is 0. The molecule has 0 aromatic heterocycles. The Bertz CT molecular complexity index is 181. The quantitative estimate of drug-likeness (QED) is 0.661. The van der Waals surface area contributed by atoms with Gasteiger partial charge in [-0.05, 0) is 6.92 Å². The third-order valence-electron chi connectivity index (χ3n) is 2.41. The third kappa shape index (κ3) is 2.05. The molecule has 70 valence electrons. The summed E-state index contributed by atoms with van der Waals surface area (Å²) in [5, 5.41) is 3.33. The Hall–Kier alpha value is -0.410. The van der Waals surface area contributed by atoms with Gasteiger partial charge in [-0.1, -0.05) is 6.92 Å². The number of carbonyl (C=O) groups excluding carboxylic acids is 1. The van der Waals surface area contributed by atoms with Crippen LogP contribution in [0.3, 0.4) is 0 Å². The van der Waals surface area contributed by atoms with Gasteiger partial charge in [-0.25, -0.2) is 0 Å². The number of hydrogen-bond donors (Lipinski definition) is 1. The number of piperidine rings is 1. The standard InChI is InChI=1S/C9H17NO2/c1-7-5-10-9(2,6-12-3)4-8(7)11/h7,10H,4-6H2,1-3H3. The molecule has 0 aromatic carbocycles. The maximum atomic E-state index is 11.4. The molecule has 0 aromatic rings. The summed E-state index contributed by atoms with van der Waals surface area (Å²) in [7, 11) is 1.66. The topological polar surface area (TPSA) is 38.3 Å². The van der Waals surface area contributed by atoms with Crippen molar-refractivity contribution in [2.45, 2.75) is 25.8 Å². The van der Waals surface area contributed by atoms with Crippen molar-refractivity contribution < 1.29 is 9.53 Å². The fourth-order valence-electron chi connectivity index (χ4n) is 1.56. The number of carbonyl (C=O) groups is 1. The first-order chi connectivity index (χ1) is 5.57. The van der Waals surface area contributed by atoms with Crippen LogP contribution in [0, 0.1) is 5.92 Å². The van der Waals surface area contributed by atoms with E-state index in [0.29, 0.717) is 18.8 Å². The predicted molar refractivity (Wildman–Crippen MR) is 47.1 cm³/mol.